The van der Waals surface area contributed by atoms with Gasteiger partial charge < -0.3 is 15.1 Å². The lowest BCUT2D eigenvalue weighted by Crippen LogP contribution is -2.45. The van der Waals surface area contributed by atoms with Gasteiger partial charge in [-0.1, -0.05) is 11.6 Å². The minimum atomic E-state index is -3.53. The van der Waals surface area contributed by atoms with Crippen LogP contribution in [0.15, 0.2) is 5.03 Å². The molecule has 2 heterocycles. The van der Waals surface area contributed by atoms with Crippen molar-refractivity contribution in [3.63, 3.8) is 0 Å². The Balaban J connectivity index is 1.87. The molecule has 0 radical (unpaired) electrons. The van der Waals surface area contributed by atoms with E-state index in [1.54, 1.807) is 0 Å². The number of nitrogens with one attached hydrogen (secondary N) is 1. The predicted molar refractivity (Wildman–Crippen MR) is 100 cm³/mol. The summed E-state index contributed by atoms with van der Waals surface area (Å²) < 4.78 is 22.3. The summed E-state index contributed by atoms with van der Waals surface area (Å²) in [5.41, 5.74) is 1.77. The maximum absolute atomic E-state index is 11.2. The van der Waals surface area contributed by atoms with Gasteiger partial charge in [0, 0.05) is 43.3 Å². The smallest absolute Gasteiger partial charge is 0.227 e. The van der Waals surface area contributed by atoms with Crippen molar-refractivity contribution in [3.8, 4) is 0 Å². The summed E-state index contributed by atoms with van der Waals surface area (Å²) in [4.78, 5) is 13.8. The zero-order valence-electron chi connectivity index (χ0n) is 14.2. The Labute approximate surface area is 153 Å². The van der Waals surface area contributed by atoms with Crippen molar-refractivity contribution in [3.05, 3.63) is 16.3 Å². The highest BCUT2D eigenvalue weighted by molar-refractivity contribution is 7.89. The van der Waals surface area contributed by atoms with Gasteiger partial charge in [0.05, 0.1) is 11.4 Å². The largest absolute Gasteiger partial charge is 0.368 e. The van der Waals surface area contributed by atoms with Gasteiger partial charge in [-0.05, 0) is 26.0 Å². The Morgan fingerprint density at radius 1 is 1.24 bits per heavy atom. The molecule has 1 saturated heterocycles. The zero-order valence-corrected chi connectivity index (χ0v) is 15.8. The van der Waals surface area contributed by atoms with Crippen LogP contribution in [0, 0.1) is 0 Å². The van der Waals surface area contributed by atoms with Crippen molar-refractivity contribution in [1.29, 1.82) is 0 Å². The first-order valence-corrected chi connectivity index (χ1v) is 10.4. The van der Waals surface area contributed by atoms with E-state index >= 15 is 0 Å². The molecule has 8 nitrogen and oxygen atoms in total. The standard InChI is InChI=1S/C15H23ClN6O2S/c1-21-5-7-22(8-6-21)15-19-13-3-2-11(16)10-12(13)14(20-15)18-4-9-25(17,23)24/h10H,2-9H2,1H3,(H2,17,23,24)(H,18,19,20). The van der Waals surface area contributed by atoms with Crippen molar-refractivity contribution < 1.29 is 8.42 Å². The number of hydrogen-bond acceptors (Lipinski definition) is 7. The fourth-order valence-electron chi connectivity index (χ4n) is 2.91. The average molecular weight is 387 g/mol. The Morgan fingerprint density at radius 2 is 1.96 bits per heavy atom. The van der Waals surface area contributed by atoms with Gasteiger partial charge in [0.15, 0.2) is 0 Å². The highest BCUT2D eigenvalue weighted by atomic mass is 35.5. The molecule has 1 aromatic heterocycles. The van der Waals surface area contributed by atoms with Crippen LogP contribution in [0.1, 0.15) is 17.7 Å². The number of sulfonamides is 1. The number of allylic oxidation sites excluding steroid dienone is 1. The van der Waals surface area contributed by atoms with E-state index in [0.29, 0.717) is 11.8 Å². The van der Waals surface area contributed by atoms with Crippen LogP contribution in [0.3, 0.4) is 0 Å². The lowest BCUT2D eigenvalue weighted by Gasteiger charge is -2.33. The normalized spacial score (nSPS) is 18.7. The SMILES string of the molecule is CN1CCN(c2nc3c(c(NCCS(N)(=O)=O)n2)C=C(Cl)CC3)CC1. The molecule has 10 heteroatoms. The first kappa shape index (κ1) is 18.4. The van der Waals surface area contributed by atoms with Crippen LogP contribution in [-0.4, -0.2) is 68.8 Å². The summed E-state index contributed by atoms with van der Waals surface area (Å²) in [6, 6.07) is 0. The highest BCUT2D eigenvalue weighted by Crippen LogP contribution is 2.31. The quantitative estimate of drug-likeness (QED) is 0.757. The third-order valence-electron chi connectivity index (χ3n) is 4.38. The first-order valence-electron chi connectivity index (χ1n) is 8.26. The fourth-order valence-corrected chi connectivity index (χ4v) is 3.50. The Bertz CT molecular complexity index is 774. The molecule has 2 aliphatic rings. The number of rotatable bonds is 5. The molecular weight excluding hydrogens is 364 g/mol. The maximum Gasteiger partial charge on any atom is 0.227 e. The minimum absolute atomic E-state index is 0.160. The number of fused-ring (bicyclic) bond motifs is 1. The molecule has 0 atom stereocenters. The summed E-state index contributed by atoms with van der Waals surface area (Å²) in [5, 5.41) is 8.91. The molecule has 0 unspecified atom stereocenters. The van der Waals surface area contributed by atoms with E-state index < -0.39 is 10.0 Å². The molecule has 138 valence electrons. The predicted octanol–water partition coefficient (Wildman–Crippen LogP) is 0.455. The number of halogens is 1. The van der Waals surface area contributed by atoms with Crippen LogP contribution in [0.4, 0.5) is 11.8 Å². The van der Waals surface area contributed by atoms with Crippen LogP contribution in [-0.2, 0) is 16.4 Å². The first-order chi connectivity index (χ1) is 11.8. The number of hydrogen-bond donors (Lipinski definition) is 2. The van der Waals surface area contributed by atoms with Gasteiger partial charge in [0.25, 0.3) is 0 Å². The van der Waals surface area contributed by atoms with E-state index in [2.05, 4.69) is 27.1 Å². The minimum Gasteiger partial charge on any atom is -0.368 e. The van der Waals surface area contributed by atoms with Crippen molar-refractivity contribution in [1.82, 2.24) is 14.9 Å². The molecule has 3 rings (SSSR count). The number of piperazine rings is 1. The molecule has 1 aliphatic carbocycles. The summed E-state index contributed by atoms with van der Waals surface area (Å²) in [6.07, 6.45) is 3.36. The molecule has 25 heavy (non-hydrogen) atoms. The number of aryl methyl sites for hydroxylation is 1. The van der Waals surface area contributed by atoms with Crippen molar-refractivity contribution >= 4 is 39.5 Å². The molecule has 0 saturated carbocycles. The highest BCUT2D eigenvalue weighted by Gasteiger charge is 2.22. The number of nitrogens with zero attached hydrogens (tertiary/aromatic N) is 4. The molecule has 1 aliphatic heterocycles. The summed E-state index contributed by atoms with van der Waals surface area (Å²) in [6.45, 7) is 3.83. The van der Waals surface area contributed by atoms with E-state index in [9.17, 15) is 8.42 Å². The molecule has 0 aromatic carbocycles. The summed E-state index contributed by atoms with van der Waals surface area (Å²) in [7, 11) is -1.43. The number of primary sulfonamides is 1. The van der Waals surface area contributed by atoms with Crippen molar-refractivity contribution in [2.45, 2.75) is 12.8 Å². The third kappa shape index (κ3) is 4.81. The number of likely N-dealkylation sites (N-methyl/N-ethyl adjacent to an activating group) is 1. The van der Waals surface area contributed by atoms with E-state index in [-0.39, 0.29) is 12.3 Å². The van der Waals surface area contributed by atoms with Crippen LogP contribution < -0.4 is 15.4 Å². The molecule has 1 fully saturated rings. The number of aromatic nitrogens is 2. The van der Waals surface area contributed by atoms with Gasteiger partial charge in [-0.2, -0.15) is 4.98 Å². The number of anilines is 2. The maximum atomic E-state index is 11.2. The van der Waals surface area contributed by atoms with Crippen LogP contribution in [0.5, 0.6) is 0 Å². The van der Waals surface area contributed by atoms with Gasteiger partial charge in [0.2, 0.25) is 16.0 Å². The van der Waals surface area contributed by atoms with E-state index in [1.165, 1.54) is 0 Å². The lowest BCUT2D eigenvalue weighted by atomic mass is 10.0. The van der Waals surface area contributed by atoms with Crippen molar-refractivity contribution in [2.75, 3.05) is 55.7 Å². The topological polar surface area (TPSA) is 104 Å². The van der Waals surface area contributed by atoms with Crippen LogP contribution in [0.25, 0.3) is 6.08 Å². The molecule has 0 bridgehead atoms. The van der Waals surface area contributed by atoms with E-state index in [4.69, 9.17) is 21.7 Å². The Hall–Kier alpha value is -1.42. The number of nitrogens with two attached hydrogens (primary N) is 1. The Morgan fingerprint density at radius 3 is 2.64 bits per heavy atom. The van der Waals surface area contributed by atoms with Crippen molar-refractivity contribution in [2.24, 2.45) is 5.14 Å². The fraction of sp³-hybridized carbons (Fsp3) is 0.600. The summed E-state index contributed by atoms with van der Waals surface area (Å²) in [5.74, 6) is 1.13. The van der Waals surface area contributed by atoms with Crippen LogP contribution in [0.2, 0.25) is 0 Å². The Kier molecular flexibility index (Phi) is 5.47. The molecule has 0 spiro atoms. The monoisotopic (exact) mass is 386 g/mol. The second-order valence-electron chi connectivity index (χ2n) is 6.41. The second kappa shape index (κ2) is 7.45. The second-order valence-corrected chi connectivity index (χ2v) is 8.63. The van der Waals surface area contributed by atoms with Crippen LogP contribution >= 0.6 is 11.6 Å². The lowest BCUT2D eigenvalue weighted by molar-refractivity contribution is 0.311. The third-order valence-corrected chi connectivity index (χ3v) is 5.45. The van der Waals surface area contributed by atoms with Gasteiger partial charge in [-0.25, -0.2) is 18.5 Å². The van der Waals surface area contributed by atoms with E-state index in [0.717, 1.165) is 55.3 Å². The van der Waals surface area contributed by atoms with Gasteiger partial charge in [-0.15, -0.1) is 0 Å². The molecule has 0 amide bonds. The van der Waals surface area contributed by atoms with Gasteiger partial charge >= 0.3 is 0 Å². The van der Waals surface area contributed by atoms with Gasteiger partial charge in [-0.3, -0.25) is 0 Å². The molecular formula is C15H23ClN6O2S. The van der Waals surface area contributed by atoms with Gasteiger partial charge in [0.1, 0.15) is 5.82 Å². The van der Waals surface area contributed by atoms with E-state index in [1.807, 2.05) is 6.08 Å². The summed E-state index contributed by atoms with van der Waals surface area (Å²) >= 11 is 6.17. The molecule has 1 aromatic rings. The average Bonchev–Trinajstić information content (AvgIpc) is 2.54. The zero-order chi connectivity index (χ0) is 18.0. The molecule has 3 N–H and O–H groups in total.